The van der Waals surface area contributed by atoms with Crippen LogP contribution in [-0.2, 0) is 11.2 Å². The van der Waals surface area contributed by atoms with Gasteiger partial charge in [-0.15, -0.1) is 0 Å². The maximum absolute atomic E-state index is 12.7. The summed E-state index contributed by atoms with van der Waals surface area (Å²) >= 11 is 12.5. The van der Waals surface area contributed by atoms with E-state index in [4.69, 9.17) is 27.6 Å². The maximum atomic E-state index is 12.7. The number of hydrogen-bond donors (Lipinski definition) is 0. The molecule has 0 aliphatic carbocycles. The third kappa shape index (κ3) is 2.90. The van der Waals surface area contributed by atoms with E-state index < -0.39 is 0 Å². The predicted octanol–water partition coefficient (Wildman–Crippen LogP) is 5.56. The van der Waals surface area contributed by atoms with Crippen molar-refractivity contribution in [2.24, 2.45) is 0 Å². The van der Waals surface area contributed by atoms with Crippen molar-refractivity contribution in [1.29, 1.82) is 0 Å². The van der Waals surface area contributed by atoms with E-state index in [-0.39, 0.29) is 12.3 Å². The second-order valence-electron chi connectivity index (χ2n) is 5.85. The number of fused-ring (bicyclic) bond motifs is 1. The van der Waals surface area contributed by atoms with Gasteiger partial charge in [0.05, 0.1) is 23.4 Å². The molecular weight excluding hydrogens is 345 g/mol. The van der Waals surface area contributed by atoms with Crippen molar-refractivity contribution in [1.82, 2.24) is 0 Å². The number of anilines is 1. The fourth-order valence-electron chi connectivity index (χ4n) is 2.88. The molecule has 0 fully saturated rings. The van der Waals surface area contributed by atoms with Crippen LogP contribution in [-0.4, -0.2) is 13.0 Å². The van der Waals surface area contributed by atoms with Gasteiger partial charge in [-0.1, -0.05) is 35.3 Å². The molecule has 0 spiro atoms. The zero-order valence-corrected chi connectivity index (χ0v) is 15.2. The Morgan fingerprint density at radius 3 is 2.62 bits per heavy atom. The molecule has 124 valence electrons. The average Bonchev–Trinajstić information content (AvgIpc) is 2.95. The van der Waals surface area contributed by atoms with E-state index in [2.05, 4.69) is 0 Å². The number of benzene rings is 2. The first-order valence-electron chi connectivity index (χ1n) is 7.57. The van der Waals surface area contributed by atoms with Gasteiger partial charge >= 0.3 is 0 Å². The molecule has 1 heterocycles. The van der Waals surface area contributed by atoms with Gasteiger partial charge in [0.25, 0.3) is 0 Å². The summed E-state index contributed by atoms with van der Waals surface area (Å²) in [5, 5.41) is 2.16. The van der Waals surface area contributed by atoms with E-state index in [0.29, 0.717) is 15.7 Å². The van der Waals surface area contributed by atoms with Crippen LogP contribution in [0, 0.1) is 13.8 Å². The molecule has 24 heavy (non-hydrogen) atoms. The number of rotatable bonds is 3. The van der Waals surface area contributed by atoms with E-state index in [9.17, 15) is 4.79 Å². The summed E-state index contributed by atoms with van der Waals surface area (Å²) in [6.07, 6.45) is 1.85. The Hall–Kier alpha value is -1.97. The number of halogens is 2. The molecule has 3 nitrogen and oxygen atoms in total. The Morgan fingerprint density at radius 2 is 1.92 bits per heavy atom. The third-order valence-electron chi connectivity index (χ3n) is 4.22. The molecule has 0 bridgehead atoms. The summed E-state index contributed by atoms with van der Waals surface area (Å²) in [4.78, 5) is 14.2. The van der Waals surface area contributed by atoms with Crippen LogP contribution in [0.4, 0.5) is 5.69 Å². The van der Waals surface area contributed by atoms with E-state index in [0.717, 1.165) is 27.7 Å². The lowest BCUT2D eigenvalue weighted by atomic mass is 10.0. The molecule has 5 heteroatoms. The minimum Gasteiger partial charge on any atom is -0.464 e. The molecule has 0 unspecified atom stereocenters. The topological polar surface area (TPSA) is 33.5 Å². The predicted molar refractivity (Wildman–Crippen MR) is 99.3 cm³/mol. The number of amides is 1. The normalized spacial score (nSPS) is 11.0. The van der Waals surface area contributed by atoms with Crippen LogP contribution in [0.2, 0.25) is 10.0 Å². The number of likely N-dealkylation sites (N-methyl/N-ethyl adjacent to an activating group) is 1. The molecule has 0 atom stereocenters. The standard InChI is InChI=1S/C19H17Cl2NO2/c1-11-8-16-18(12(2)19(11)21)13(10-24-16)9-17(23)22(3)15-7-5-4-6-14(15)20/h4-8,10H,9H2,1-3H3. The number of furan rings is 1. The minimum absolute atomic E-state index is 0.0677. The van der Waals surface area contributed by atoms with E-state index in [1.165, 1.54) is 0 Å². The highest BCUT2D eigenvalue weighted by Crippen LogP contribution is 2.33. The Bertz CT molecular complexity index is 931. The van der Waals surface area contributed by atoms with E-state index >= 15 is 0 Å². The van der Waals surface area contributed by atoms with Gasteiger partial charge in [-0.25, -0.2) is 0 Å². The van der Waals surface area contributed by atoms with Crippen LogP contribution in [0.1, 0.15) is 16.7 Å². The van der Waals surface area contributed by atoms with Crippen LogP contribution >= 0.6 is 23.2 Å². The van der Waals surface area contributed by atoms with Gasteiger partial charge in [0, 0.05) is 23.0 Å². The monoisotopic (exact) mass is 361 g/mol. The first kappa shape index (κ1) is 16.9. The zero-order valence-electron chi connectivity index (χ0n) is 13.7. The van der Waals surface area contributed by atoms with Crippen molar-refractivity contribution in [3.05, 3.63) is 63.3 Å². The van der Waals surface area contributed by atoms with Gasteiger partial charge in [-0.05, 0) is 43.2 Å². The molecule has 0 saturated heterocycles. The largest absolute Gasteiger partial charge is 0.464 e. The summed E-state index contributed by atoms with van der Waals surface area (Å²) in [6, 6.07) is 9.17. The Morgan fingerprint density at radius 1 is 1.21 bits per heavy atom. The first-order valence-corrected chi connectivity index (χ1v) is 8.32. The number of nitrogens with zero attached hydrogens (tertiary/aromatic N) is 1. The highest BCUT2D eigenvalue weighted by atomic mass is 35.5. The lowest BCUT2D eigenvalue weighted by Crippen LogP contribution is -2.28. The molecule has 0 aliphatic heterocycles. The van der Waals surface area contributed by atoms with Gasteiger partial charge in [0.15, 0.2) is 0 Å². The molecule has 1 amide bonds. The second kappa shape index (κ2) is 6.50. The molecule has 3 rings (SSSR count). The smallest absolute Gasteiger partial charge is 0.231 e. The van der Waals surface area contributed by atoms with Crippen LogP contribution < -0.4 is 4.90 Å². The molecule has 0 aliphatic rings. The number of para-hydroxylation sites is 1. The summed E-state index contributed by atoms with van der Waals surface area (Å²) in [5.74, 6) is -0.0677. The fraction of sp³-hybridized carbons (Fsp3) is 0.211. The number of carbonyl (C=O) groups is 1. The van der Waals surface area contributed by atoms with Crippen molar-refractivity contribution in [3.8, 4) is 0 Å². The van der Waals surface area contributed by atoms with Gasteiger partial charge in [-0.3, -0.25) is 4.79 Å². The number of hydrogen-bond acceptors (Lipinski definition) is 2. The number of aryl methyl sites for hydroxylation is 2. The second-order valence-corrected chi connectivity index (χ2v) is 6.63. The number of carbonyl (C=O) groups excluding carboxylic acids is 1. The van der Waals surface area contributed by atoms with Crippen LogP contribution in [0.25, 0.3) is 11.0 Å². The molecule has 2 aromatic carbocycles. The summed E-state index contributed by atoms with van der Waals surface area (Å²) in [6.45, 7) is 3.88. The summed E-state index contributed by atoms with van der Waals surface area (Å²) in [5.41, 5.74) is 4.15. The van der Waals surface area contributed by atoms with Gasteiger partial charge < -0.3 is 9.32 Å². The lowest BCUT2D eigenvalue weighted by molar-refractivity contribution is -0.117. The van der Waals surface area contributed by atoms with Crippen molar-refractivity contribution >= 4 is 45.8 Å². The van der Waals surface area contributed by atoms with E-state index in [1.54, 1.807) is 24.3 Å². The van der Waals surface area contributed by atoms with Crippen LogP contribution in [0.5, 0.6) is 0 Å². The maximum Gasteiger partial charge on any atom is 0.231 e. The quantitative estimate of drug-likeness (QED) is 0.611. The van der Waals surface area contributed by atoms with Gasteiger partial charge in [-0.2, -0.15) is 0 Å². The average molecular weight is 362 g/mol. The minimum atomic E-state index is -0.0677. The third-order valence-corrected chi connectivity index (χ3v) is 5.12. The Kier molecular flexibility index (Phi) is 4.57. The fourth-order valence-corrected chi connectivity index (χ4v) is 3.29. The lowest BCUT2D eigenvalue weighted by Gasteiger charge is -2.18. The molecule has 1 aromatic heterocycles. The molecule has 0 N–H and O–H groups in total. The molecular formula is C19H17Cl2NO2. The summed E-state index contributed by atoms with van der Waals surface area (Å²) < 4.78 is 5.62. The highest BCUT2D eigenvalue weighted by Gasteiger charge is 2.19. The zero-order chi connectivity index (χ0) is 17.4. The van der Waals surface area contributed by atoms with Crippen molar-refractivity contribution in [2.75, 3.05) is 11.9 Å². The van der Waals surface area contributed by atoms with E-state index in [1.807, 2.05) is 38.1 Å². The Balaban J connectivity index is 1.94. The van der Waals surface area contributed by atoms with Gasteiger partial charge in [0.2, 0.25) is 5.91 Å². The van der Waals surface area contributed by atoms with Crippen LogP contribution in [0.3, 0.4) is 0 Å². The molecule has 3 aromatic rings. The van der Waals surface area contributed by atoms with Gasteiger partial charge in [0.1, 0.15) is 5.58 Å². The van der Waals surface area contributed by atoms with Crippen molar-refractivity contribution in [2.45, 2.75) is 20.3 Å². The summed E-state index contributed by atoms with van der Waals surface area (Å²) in [7, 11) is 1.72. The molecule has 0 radical (unpaired) electrons. The first-order chi connectivity index (χ1) is 11.4. The highest BCUT2D eigenvalue weighted by molar-refractivity contribution is 6.34. The van der Waals surface area contributed by atoms with Crippen molar-refractivity contribution < 1.29 is 9.21 Å². The Labute approximate surface area is 150 Å². The van der Waals surface area contributed by atoms with Crippen molar-refractivity contribution in [3.63, 3.8) is 0 Å². The van der Waals surface area contributed by atoms with Crippen LogP contribution in [0.15, 0.2) is 41.0 Å². The SMILES string of the molecule is Cc1cc2occ(CC(=O)N(C)c3ccccc3Cl)c2c(C)c1Cl. The molecule has 0 saturated carbocycles.